The van der Waals surface area contributed by atoms with Gasteiger partial charge in [0, 0.05) is 17.5 Å². The molecular formula is C8H3O. The van der Waals surface area contributed by atoms with Crippen LogP contribution in [0.15, 0.2) is 22.8 Å². The standard InChI is InChI=1S/C8H3O/c1-2-4-8-7(3-1)5-6-9-8/h2-3,6H. The lowest BCUT2D eigenvalue weighted by Gasteiger charge is -1.79. The van der Waals surface area contributed by atoms with E-state index in [1.165, 1.54) is 6.26 Å². The summed E-state index contributed by atoms with van der Waals surface area (Å²) in [5.41, 5.74) is 0.744. The van der Waals surface area contributed by atoms with Crippen molar-refractivity contribution in [3.8, 4) is 0 Å². The van der Waals surface area contributed by atoms with Gasteiger partial charge in [0.05, 0.1) is 6.26 Å². The summed E-state index contributed by atoms with van der Waals surface area (Å²) in [7, 11) is 0. The average Bonchev–Trinajstić information content (AvgIpc) is 2.33. The molecule has 0 saturated carbocycles. The van der Waals surface area contributed by atoms with Crippen molar-refractivity contribution in [1.29, 1.82) is 0 Å². The van der Waals surface area contributed by atoms with Crippen LogP contribution in [0.2, 0.25) is 0 Å². The molecule has 0 aliphatic heterocycles. The first-order valence-electron chi connectivity index (χ1n) is 2.63. The van der Waals surface area contributed by atoms with Crippen molar-refractivity contribution in [3.63, 3.8) is 0 Å². The molecule has 0 unspecified atom stereocenters. The highest BCUT2D eigenvalue weighted by Gasteiger charge is 1.91. The minimum Gasteiger partial charge on any atom is -0.463 e. The SMILES string of the molecule is [c]1c[c]c2oc[c]c2c1. The summed E-state index contributed by atoms with van der Waals surface area (Å²) >= 11 is 0. The van der Waals surface area contributed by atoms with E-state index in [1.807, 2.05) is 6.07 Å². The Bertz CT molecular complexity index is 279. The third-order valence-corrected chi connectivity index (χ3v) is 1.15. The molecule has 0 atom stereocenters. The molecule has 1 aromatic heterocycles. The predicted molar refractivity (Wildman–Crippen MR) is 32.7 cm³/mol. The minimum absolute atomic E-state index is 0.744. The smallest absolute Gasteiger partial charge is 0.142 e. The van der Waals surface area contributed by atoms with Gasteiger partial charge in [0.1, 0.15) is 5.58 Å². The third-order valence-electron chi connectivity index (χ3n) is 1.15. The number of benzene rings is 1. The van der Waals surface area contributed by atoms with Crippen LogP contribution in [0.3, 0.4) is 0 Å². The van der Waals surface area contributed by atoms with Crippen LogP contribution in [0.5, 0.6) is 0 Å². The molecular weight excluding hydrogens is 112 g/mol. The molecule has 0 aliphatic rings. The Morgan fingerprint density at radius 3 is 3.22 bits per heavy atom. The number of rotatable bonds is 0. The number of furan rings is 1. The van der Waals surface area contributed by atoms with Gasteiger partial charge in [-0.3, -0.25) is 0 Å². The van der Waals surface area contributed by atoms with Crippen LogP contribution in [0.4, 0.5) is 0 Å². The van der Waals surface area contributed by atoms with Gasteiger partial charge in [0.15, 0.2) is 0 Å². The average molecular weight is 115 g/mol. The van der Waals surface area contributed by atoms with Gasteiger partial charge in [-0.05, 0) is 18.2 Å². The van der Waals surface area contributed by atoms with Crippen molar-refractivity contribution in [1.82, 2.24) is 0 Å². The van der Waals surface area contributed by atoms with Crippen molar-refractivity contribution >= 4 is 11.0 Å². The van der Waals surface area contributed by atoms with Crippen LogP contribution < -0.4 is 0 Å². The first-order chi connectivity index (χ1) is 4.47. The van der Waals surface area contributed by atoms with Gasteiger partial charge in [-0.1, -0.05) is 0 Å². The Kier molecular flexibility index (Phi) is 0.833. The largest absolute Gasteiger partial charge is 0.463 e. The molecule has 0 saturated heterocycles. The van der Waals surface area contributed by atoms with E-state index in [1.54, 1.807) is 6.07 Å². The summed E-state index contributed by atoms with van der Waals surface area (Å²) in [6.07, 6.45) is 1.52. The van der Waals surface area contributed by atoms with Crippen molar-refractivity contribution in [2.45, 2.75) is 0 Å². The van der Waals surface area contributed by atoms with Crippen LogP contribution >= 0.6 is 0 Å². The topological polar surface area (TPSA) is 13.1 Å². The van der Waals surface area contributed by atoms with Gasteiger partial charge in [-0.15, -0.1) is 0 Å². The van der Waals surface area contributed by atoms with Gasteiger partial charge < -0.3 is 4.42 Å². The molecule has 1 aromatic carbocycles. The molecule has 3 radical (unpaired) electrons. The molecule has 1 nitrogen and oxygen atoms in total. The Morgan fingerprint density at radius 2 is 2.33 bits per heavy atom. The van der Waals surface area contributed by atoms with Gasteiger partial charge >= 0.3 is 0 Å². The predicted octanol–water partition coefficient (Wildman–Crippen LogP) is 1.83. The van der Waals surface area contributed by atoms with Gasteiger partial charge in [0.25, 0.3) is 0 Å². The zero-order chi connectivity index (χ0) is 6.10. The van der Waals surface area contributed by atoms with Crippen LogP contribution in [0.25, 0.3) is 11.0 Å². The Hall–Kier alpha value is -1.24. The molecule has 0 spiro atoms. The summed E-state index contributed by atoms with van der Waals surface area (Å²) in [5, 5.41) is 0.928. The second-order valence-electron chi connectivity index (χ2n) is 1.72. The van der Waals surface area contributed by atoms with Crippen molar-refractivity contribution in [3.05, 3.63) is 36.6 Å². The fourth-order valence-electron chi connectivity index (χ4n) is 0.732. The summed E-state index contributed by atoms with van der Waals surface area (Å²) < 4.78 is 4.99. The maximum atomic E-state index is 4.99. The Balaban J connectivity index is 2.95. The van der Waals surface area contributed by atoms with E-state index in [0.717, 1.165) is 11.0 Å². The normalized spacial score (nSPS) is 10.2. The summed E-state index contributed by atoms with van der Waals surface area (Å²) in [5.74, 6) is 0. The highest BCUT2D eigenvalue weighted by Crippen LogP contribution is 2.11. The van der Waals surface area contributed by atoms with E-state index in [2.05, 4.69) is 18.2 Å². The van der Waals surface area contributed by atoms with E-state index in [4.69, 9.17) is 4.42 Å². The second-order valence-corrected chi connectivity index (χ2v) is 1.72. The molecule has 41 valence electrons. The second kappa shape index (κ2) is 1.62. The fraction of sp³-hybridized carbons (Fsp3) is 0. The molecule has 2 rings (SSSR count). The highest BCUT2D eigenvalue weighted by molar-refractivity contribution is 5.74. The molecule has 1 heterocycles. The van der Waals surface area contributed by atoms with Crippen LogP contribution in [0, 0.1) is 18.2 Å². The van der Waals surface area contributed by atoms with Crippen molar-refractivity contribution < 1.29 is 4.42 Å². The summed E-state index contributed by atoms with van der Waals surface area (Å²) in [4.78, 5) is 0. The lowest BCUT2D eigenvalue weighted by atomic mass is 10.3. The number of hydrogen-bond acceptors (Lipinski definition) is 1. The van der Waals surface area contributed by atoms with E-state index < -0.39 is 0 Å². The molecule has 0 aliphatic carbocycles. The van der Waals surface area contributed by atoms with Crippen LogP contribution in [0.1, 0.15) is 0 Å². The lowest BCUT2D eigenvalue weighted by molar-refractivity contribution is 0.614. The molecule has 0 amide bonds. The number of fused-ring (bicyclic) bond motifs is 1. The molecule has 2 aromatic rings. The minimum atomic E-state index is 0.744. The van der Waals surface area contributed by atoms with E-state index in [0.29, 0.717) is 0 Å². The molecule has 0 bridgehead atoms. The first-order valence-corrected chi connectivity index (χ1v) is 2.63. The first kappa shape index (κ1) is 4.62. The van der Waals surface area contributed by atoms with Gasteiger partial charge in [-0.25, -0.2) is 0 Å². The van der Waals surface area contributed by atoms with E-state index in [-0.39, 0.29) is 0 Å². The molecule has 0 N–H and O–H groups in total. The maximum Gasteiger partial charge on any atom is 0.142 e. The molecule has 9 heavy (non-hydrogen) atoms. The van der Waals surface area contributed by atoms with E-state index in [9.17, 15) is 0 Å². The van der Waals surface area contributed by atoms with Gasteiger partial charge in [0.2, 0.25) is 0 Å². The summed E-state index contributed by atoms with van der Waals surface area (Å²) in [6, 6.07) is 12.2. The van der Waals surface area contributed by atoms with Gasteiger partial charge in [-0.2, -0.15) is 0 Å². The Labute approximate surface area is 52.9 Å². The molecule has 0 fully saturated rings. The maximum absolute atomic E-state index is 4.99. The quantitative estimate of drug-likeness (QED) is 0.510. The van der Waals surface area contributed by atoms with Crippen molar-refractivity contribution in [2.75, 3.05) is 0 Å². The van der Waals surface area contributed by atoms with Crippen molar-refractivity contribution in [2.24, 2.45) is 0 Å². The zero-order valence-electron chi connectivity index (χ0n) is 4.64. The lowest BCUT2D eigenvalue weighted by Crippen LogP contribution is -1.59. The Morgan fingerprint density at radius 1 is 1.33 bits per heavy atom. The molecule has 1 heteroatoms. The van der Waals surface area contributed by atoms with E-state index >= 15 is 0 Å². The third kappa shape index (κ3) is 0.617. The highest BCUT2D eigenvalue weighted by atomic mass is 16.3. The van der Waals surface area contributed by atoms with Crippen LogP contribution in [-0.2, 0) is 0 Å². The summed E-state index contributed by atoms with van der Waals surface area (Å²) in [6.45, 7) is 0. The zero-order valence-corrected chi connectivity index (χ0v) is 4.64. The monoisotopic (exact) mass is 115 g/mol. The fourth-order valence-corrected chi connectivity index (χ4v) is 0.732. The van der Waals surface area contributed by atoms with Crippen LogP contribution in [-0.4, -0.2) is 0 Å². The number of hydrogen-bond donors (Lipinski definition) is 0.